The van der Waals surface area contributed by atoms with E-state index in [1.165, 1.54) is 17.0 Å². The van der Waals surface area contributed by atoms with E-state index < -0.39 is 16.1 Å². The lowest BCUT2D eigenvalue weighted by Crippen LogP contribution is -2.50. The van der Waals surface area contributed by atoms with Crippen molar-refractivity contribution in [1.29, 1.82) is 0 Å². The van der Waals surface area contributed by atoms with Gasteiger partial charge in [0.05, 0.1) is 17.9 Å². The maximum atomic E-state index is 13.4. The van der Waals surface area contributed by atoms with Gasteiger partial charge in [-0.1, -0.05) is 66.7 Å². The average Bonchev–Trinajstić information content (AvgIpc) is 2.71. The molecule has 1 aliphatic rings. The summed E-state index contributed by atoms with van der Waals surface area (Å²) in [6.07, 6.45) is 1.73. The maximum absolute atomic E-state index is 13.4. The summed E-state index contributed by atoms with van der Waals surface area (Å²) < 4.78 is 27.3. The van der Waals surface area contributed by atoms with Crippen molar-refractivity contribution in [1.82, 2.24) is 0 Å². The highest BCUT2D eigenvalue weighted by atomic mass is 35.5. The zero-order valence-corrected chi connectivity index (χ0v) is 16.9. The van der Waals surface area contributed by atoms with Crippen LogP contribution in [0.3, 0.4) is 0 Å². The van der Waals surface area contributed by atoms with Crippen LogP contribution < -0.4 is 9.21 Å². The number of amides is 2. The second kappa shape index (κ2) is 7.39. The molecule has 3 aromatic carbocycles. The van der Waals surface area contributed by atoms with E-state index in [-0.39, 0.29) is 17.1 Å². The van der Waals surface area contributed by atoms with Crippen LogP contribution in [0.5, 0.6) is 0 Å². The van der Waals surface area contributed by atoms with Crippen molar-refractivity contribution in [3.63, 3.8) is 0 Å². The minimum absolute atomic E-state index is 0.0716. The molecular formula is C22H17ClN2O3S. The van der Waals surface area contributed by atoms with Gasteiger partial charge >= 0.3 is 6.03 Å². The predicted molar refractivity (Wildman–Crippen MR) is 116 cm³/mol. The van der Waals surface area contributed by atoms with Crippen LogP contribution in [0.1, 0.15) is 11.1 Å². The SMILES string of the molecule is C=Cc1ccc(CN2C(=O)N(c3cccc(Cl)c3)S(=O)(=O)c3ccccc32)cc1. The number of para-hydroxylation sites is 1. The average molecular weight is 425 g/mol. The molecule has 0 radical (unpaired) electrons. The van der Waals surface area contributed by atoms with Gasteiger partial charge in [-0.25, -0.2) is 13.2 Å². The van der Waals surface area contributed by atoms with Crippen LogP contribution in [-0.4, -0.2) is 14.4 Å². The number of rotatable bonds is 4. The minimum atomic E-state index is -4.07. The largest absolute Gasteiger partial charge is 0.343 e. The molecule has 0 aliphatic carbocycles. The lowest BCUT2D eigenvalue weighted by molar-refractivity contribution is 0.253. The first kappa shape index (κ1) is 19.2. The van der Waals surface area contributed by atoms with Gasteiger partial charge < -0.3 is 0 Å². The van der Waals surface area contributed by atoms with Gasteiger partial charge in [0.1, 0.15) is 4.90 Å². The summed E-state index contributed by atoms with van der Waals surface area (Å²) in [6.45, 7) is 3.96. The van der Waals surface area contributed by atoms with Crippen molar-refractivity contribution >= 4 is 45.1 Å². The number of anilines is 2. The molecule has 0 aromatic heterocycles. The van der Waals surface area contributed by atoms with Gasteiger partial charge in [0.15, 0.2) is 0 Å². The standard InChI is InChI=1S/C22H17ClN2O3S/c1-2-16-10-12-17(13-11-16)15-24-20-8-3-4-9-21(20)29(27,28)25(22(24)26)19-7-5-6-18(23)14-19/h2-14H,1,15H2. The van der Waals surface area contributed by atoms with Crippen LogP contribution in [0, 0.1) is 0 Å². The van der Waals surface area contributed by atoms with E-state index in [2.05, 4.69) is 6.58 Å². The molecule has 29 heavy (non-hydrogen) atoms. The molecule has 5 nitrogen and oxygen atoms in total. The molecule has 0 fully saturated rings. The molecule has 1 heterocycles. The molecular weight excluding hydrogens is 408 g/mol. The number of sulfonamides is 1. The number of fused-ring (bicyclic) bond motifs is 1. The molecule has 0 unspecified atom stereocenters. The van der Waals surface area contributed by atoms with E-state index in [4.69, 9.17) is 11.6 Å². The van der Waals surface area contributed by atoms with Crippen LogP contribution in [0.2, 0.25) is 5.02 Å². The second-order valence-electron chi connectivity index (χ2n) is 6.53. The Morgan fingerprint density at radius 1 is 0.966 bits per heavy atom. The van der Waals surface area contributed by atoms with Crippen LogP contribution in [0.15, 0.2) is 84.3 Å². The summed E-state index contributed by atoms with van der Waals surface area (Å²) in [5.41, 5.74) is 2.37. The molecule has 0 spiro atoms. The van der Waals surface area contributed by atoms with Gasteiger partial charge in [-0.15, -0.1) is 0 Å². The van der Waals surface area contributed by atoms with E-state index in [0.717, 1.165) is 15.4 Å². The molecule has 0 saturated carbocycles. The van der Waals surface area contributed by atoms with Crippen molar-refractivity contribution in [3.05, 3.63) is 95.5 Å². The van der Waals surface area contributed by atoms with E-state index in [1.54, 1.807) is 42.5 Å². The zero-order chi connectivity index (χ0) is 20.6. The molecule has 2 amide bonds. The number of carbonyl (C=O) groups excluding carboxylic acids is 1. The lowest BCUT2D eigenvalue weighted by Gasteiger charge is -2.36. The fraction of sp³-hybridized carbons (Fsp3) is 0.0455. The van der Waals surface area contributed by atoms with Crippen molar-refractivity contribution in [2.45, 2.75) is 11.4 Å². The number of carbonyl (C=O) groups is 1. The molecule has 4 rings (SSSR count). The first-order valence-corrected chi connectivity index (χ1v) is 10.7. The smallest absolute Gasteiger partial charge is 0.287 e. The first-order chi connectivity index (χ1) is 13.9. The summed E-state index contributed by atoms with van der Waals surface area (Å²) >= 11 is 6.05. The third-order valence-corrected chi connectivity index (χ3v) is 6.66. The topological polar surface area (TPSA) is 57.7 Å². The Labute approximate surface area is 174 Å². The predicted octanol–water partition coefficient (Wildman–Crippen LogP) is 5.32. The Bertz CT molecular complexity index is 1210. The van der Waals surface area contributed by atoms with Gasteiger partial charge in [-0.05, 0) is 41.5 Å². The third kappa shape index (κ3) is 3.41. The van der Waals surface area contributed by atoms with Gasteiger partial charge in [-0.2, -0.15) is 4.31 Å². The fourth-order valence-corrected chi connectivity index (χ4v) is 5.03. The zero-order valence-electron chi connectivity index (χ0n) is 15.3. The highest BCUT2D eigenvalue weighted by Gasteiger charge is 2.42. The van der Waals surface area contributed by atoms with Crippen LogP contribution in [0.25, 0.3) is 6.08 Å². The van der Waals surface area contributed by atoms with Crippen LogP contribution in [-0.2, 0) is 16.6 Å². The lowest BCUT2D eigenvalue weighted by atomic mass is 10.1. The molecule has 3 aromatic rings. The molecule has 1 aliphatic heterocycles. The summed E-state index contributed by atoms with van der Waals surface area (Å²) in [5, 5.41) is 0.343. The van der Waals surface area contributed by atoms with Crippen molar-refractivity contribution in [2.75, 3.05) is 9.21 Å². The van der Waals surface area contributed by atoms with Gasteiger partial charge in [0.2, 0.25) is 0 Å². The van der Waals surface area contributed by atoms with Gasteiger partial charge in [0.25, 0.3) is 10.0 Å². The minimum Gasteiger partial charge on any atom is -0.287 e. The van der Waals surface area contributed by atoms with Crippen molar-refractivity contribution in [2.24, 2.45) is 0 Å². The highest BCUT2D eigenvalue weighted by molar-refractivity contribution is 7.94. The van der Waals surface area contributed by atoms with Crippen LogP contribution in [0.4, 0.5) is 16.2 Å². The monoisotopic (exact) mass is 424 g/mol. The van der Waals surface area contributed by atoms with Crippen molar-refractivity contribution < 1.29 is 13.2 Å². The molecule has 0 saturated heterocycles. The van der Waals surface area contributed by atoms with Crippen LogP contribution >= 0.6 is 11.6 Å². The van der Waals surface area contributed by atoms with E-state index >= 15 is 0 Å². The highest BCUT2D eigenvalue weighted by Crippen LogP contribution is 2.38. The van der Waals surface area contributed by atoms with Gasteiger partial charge in [0, 0.05) is 5.02 Å². The molecule has 0 atom stereocenters. The summed E-state index contributed by atoms with van der Waals surface area (Å²) in [4.78, 5) is 14.9. The molecule has 146 valence electrons. The summed E-state index contributed by atoms with van der Waals surface area (Å²) in [6, 6.07) is 19.7. The Morgan fingerprint density at radius 2 is 1.69 bits per heavy atom. The maximum Gasteiger partial charge on any atom is 0.343 e. The second-order valence-corrected chi connectivity index (χ2v) is 8.72. The number of urea groups is 1. The Morgan fingerprint density at radius 3 is 2.38 bits per heavy atom. The summed E-state index contributed by atoms with van der Waals surface area (Å²) in [5.74, 6) is 0. The first-order valence-electron chi connectivity index (χ1n) is 8.84. The fourth-order valence-electron chi connectivity index (χ4n) is 3.26. The Hall–Kier alpha value is -3.09. The Kier molecular flexibility index (Phi) is 4.90. The number of hydrogen-bond donors (Lipinski definition) is 0. The normalized spacial score (nSPS) is 15.1. The molecule has 7 heteroatoms. The molecule has 0 N–H and O–H groups in total. The number of nitrogens with zero attached hydrogens (tertiary/aromatic N) is 2. The Balaban J connectivity index is 1.84. The molecule has 0 bridgehead atoms. The number of benzene rings is 3. The van der Waals surface area contributed by atoms with E-state index in [0.29, 0.717) is 10.7 Å². The van der Waals surface area contributed by atoms with Gasteiger partial charge in [-0.3, -0.25) is 4.90 Å². The number of hydrogen-bond acceptors (Lipinski definition) is 3. The quantitative estimate of drug-likeness (QED) is 0.569. The number of halogens is 1. The summed E-state index contributed by atoms with van der Waals surface area (Å²) in [7, 11) is -4.07. The van der Waals surface area contributed by atoms with E-state index in [1.807, 2.05) is 24.3 Å². The van der Waals surface area contributed by atoms with E-state index in [9.17, 15) is 13.2 Å². The third-order valence-electron chi connectivity index (χ3n) is 4.68. The van der Waals surface area contributed by atoms with Crippen molar-refractivity contribution in [3.8, 4) is 0 Å².